The first kappa shape index (κ1) is 11.7. The quantitative estimate of drug-likeness (QED) is 0.752. The molecule has 0 aliphatic heterocycles. The Morgan fingerprint density at radius 3 is 2.67 bits per heavy atom. The van der Waals surface area contributed by atoms with Crippen LogP contribution in [0.1, 0.15) is 24.1 Å². The van der Waals surface area contributed by atoms with E-state index in [4.69, 9.17) is 5.73 Å². The highest BCUT2D eigenvalue weighted by Gasteiger charge is 2.22. The van der Waals surface area contributed by atoms with E-state index in [2.05, 4.69) is 9.72 Å². The summed E-state index contributed by atoms with van der Waals surface area (Å²) in [4.78, 5) is 15.4. The third kappa shape index (κ3) is 2.76. The fourth-order valence-corrected chi connectivity index (χ4v) is 1.30. The summed E-state index contributed by atoms with van der Waals surface area (Å²) in [7, 11) is 1.34. The van der Waals surface area contributed by atoms with Crippen molar-refractivity contribution in [3.05, 3.63) is 29.6 Å². The van der Waals surface area contributed by atoms with E-state index in [-0.39, 0.29) is 5.92 Å². The van der Waals surface area contributed by atoms with Gasteiger partial charge in [-0.05, 0) is 18.6 Å². The van der Waals surface area contributed by atoms with Crippen molar-refractivity contribution >= 4 is 5.97 Å². The summed E-state index contributed by atoms with van der Waals surface area (Å²) in [5, 5.41) is 0. The van der Waals surface area contributed by atoms with Gasteiger partial charge in [0.15, 0.2) is 0 Å². The minimum absolute atomic E-state index is 0.0921. The Bertz CT molecular complexity index is 335. The van der Waals surface area contributed by atoms with Crippen LogP contribution in [0.25, 0.3) is 0 Å². The fourth-order valence-electron chi connectivity index (χ4n) is 1.30. The molecule has 4 heteroatoms. The Kier molecular flexibility index (Phi) is 3.80. The first-order valence-electron chi connectivity index (χ1n) is 4.82. The summed E-state index contributed by atoms with van der Waals surface area (Å²) in [5.41, 5.74) is 7.62. The normalized spacial score (nSPS) is 14.4. The van der Waals surface area contributed by atoms with E-state index in [0.717, 1.165) is 11.3 Å². The maximum absolute atomic E-state index is 11.2. The lowest BCUT2D eigenvalue weighted by Crippen LogP contribution is -2.36. The smallest absolute Gasteiger partial charge is 0.323 e. The highest BCUT2D eigenvalue weighted by atomic mass is 16.5. The summed E-state index contributed by atoms with van der Waals surface area (Å²) in [6.45, 7) is 3.79. The largest absolute Gasteiger partial charge is 0.468 e. The molecule has 1 aromatic heterocycles. The lowest BCUT2D eigenvalue weighted by molar-refractivity contribution is -0.142. The first-order chi connectivity index (χ1) is 7.06. The van der Waals surface area contributed by atoms with Crippen molar-refractivity contribution in [2.75, 3.05) is 7.11 Å². The summed E-state index contributed by atoms with van der Waals surface area (Å²) >= 11 is 0. The van der Waals surface area contributed by atoms with Gasteiger partial charge in [-0.3, -0.25) is 9.78 Å². The minimum Gasteiger partial charge on any atom is -0.468 e. The lowest BCUT2D eigenvalue weighted by atomic mass is 9.95. The molecule has 0 aliphatic carbocycles. The third-order valence-corrected chi connectivity index (χ3v) is 2.47. The molecule has 0 amide bonds. The lowest BCUT2D eigenvalue weighted by Gasteiger charge is -2.17. The van der Waals surface area contributed by atoms with Crippen molar-refractivity contribution < 1.29 is 9.53 Å². The number of methoxy groups -OCH3 is 1. The van der Waals surface area contributed by atoms with E-state index < -0.39 is 12.0 Å². The van der Waals surface area contributed by atoms with E-state index in [0.29, 0.717) is 0 Å². The summed E-state index contributed by atoms with van der Waals surface area (Å²) in [5.74, 6) is -0.492. The van der Waals surface area contributed by atoms with Gasteiger partial charge in [0.1, 0.15) is 6.04 Å². The predicted octanol–water partition coefficient (Wildman–Crippen LogP) is 0.994. The number of nitrogens with two attached hydrogens (primary N) is 1. The first-order valence-corrected chi connectivity index (χ1v) is 4.82. The third-order valence-electron chi connectivity index (χ3n) is 2.47. The number of ether oxygens (including phenoxy) is 1. The van der Waals surface area contributed by atoms with Gasteiger partial charge in [-0.1, -0.05) is 13.0 Å². The van der Waals surface area contributed by atoms with E-state index in [9.17, 15) is 4.79 Å². The maximum Gasteiger partial charge on any atom is 0.323 e. The molecule has 82 valence electrons. The Labute approximate surface area is 89.5 Å². The van der Waals surface area contributed by atoms with Gasteiger partial charge in [0.25, 0.3) is 0 Å². The number of aromatic nitrogens is 1. The van der Waals surface area contributed by atoms with Gasteiger partial charge in [0, 0.05) is 17.8 Å². The number of hydrogen-bond acceptors (Lipinski definition) is 4. The Hall–Kier alpha value is -1.42. The van der Waals surface area contributed by atoms with Crippen molar-refractivity contribution in [1.82, 2.24) is 4.98 Å². The zero-order valence-electron chi connectivity index (χ0n) is 9.23. The molecule has 4 nitrogen and oxygen atoms in total. The highest BCUT2D eigenvalue weighted by Crippen LogP contribution is 2.17. The molecular weight excluding hydrogens is 192 g/mol. The van der Waals surface area contributed by atoms with E-state index in [1.165, 1.54) is 7.11 Å². The highest BCUT2D eigenvalue weighted by molar-refractivity contribution is 5.76. The van der Waals surface area contributed by atoms with Crippen LogP contribution in [0.3, 0.4) is 0 Å². The van der Waals surface area contributed by atoms with Gasteiger partial charge in [-0.2, -0.15) is 0 Å². The molecule has 0 saturated heterocycles. The van der Waals surface area contributed by atoms with E-state index >= 15 is 0 Å². The second-order valence-electron chi connectivity index (χ2n) is 3.57. The molecule has 0 aliphatic rings. The van der Waals surface area contributed by atoms with Crippen molar-refractivity contribution in [2.45, 2.75) is 25.8 Å². The summed E-state index contributed by atoms with van der Waals surface area (Å²) in [6.07, 6.45) is 1.74. The fraction of sp³-hybridized carbons (Fsp3) is 0.455. The SMILES string of the molecule is COC(=O)C(N)C(C)c1ccc(C)nc1. The van der Waals surface area contributed by atoms with Crippen molar-refractivity contribution in [3.63, 3.8) is 0 Å². The van der Waals surface area contributed by atoms with Crippen LogP contribution in [-0.4, -0.2) is 24.1 Å². The number of pyridine rings is 1. The van der Waals surface area contributed by atoms with Crippen LogP contribution in [0, 0.1) is 6.92 Å². The Morgan fingerprint density at radius 2 is 2.20 bits per heavy atom. The van der Waals surface area contributed by atoms with Gasteiger partial charge < -0.3 is 10.5 Å². The van der Waals surface area contributed by atoms with E-state index in [1.54, 1.807) is 6.20 Å². The van der Waals surface area contributed by atoms with Gasteiger partial charge in [0.2, 0.25) is 0 Å². The number of nitrogens with zero attached hydrogens (tertiary/aromatic N) is 1. The molecule has 1 aromatic rings. The number of aryl methyl sites for hydroxylation is 1. The number of hydrogen-bond donors (Lipinski definition) is 1. The molecule has 0 spiro atoms. The van der Waals surface area contributed by atoms with Gasteiger partial charge in [-0.25, -0.2) is 0 Å². The predicted molar refractivity (Wildman–Crippen MR) is 57.4 cm³/mol. The van der Waals surface area contributed by atoms with Crippen molar-refractivity contribution in [1.29, 1.82) is 0 Å². The van der Waals surface area contributed by atoms with Crippen LogP contribution >= 0.6 is 0 Å². The molecule has 15 heavy (non-hydrogen) atoms. The zero-order chi connectivity index (χ0) is 11.4. The molecule has 1 rings (SSSR count). The van der Waals surface area contributed by atoms with Gasteiger partial charge in [-0.15, -0.1) is 0 Å². The minimum atomic E-state index is -0.639. The number of esters is 1. The van der Waals surface area contributed by atoms with Crippen LogP contribution in [0.2, 0.25) is 0 Å². The van der Waals surface area contributed by atoms with Crippen LogP contribution < -0.4 is 5.73 Å². The number of rotatable bonds is 3. The molecular formula is C11H16N2O2. The second-order valence-corrected chi connectivity index (χ2v) is 3.57. The van der Waals surface area contributed by atoms with Crippen molar-refractivity contribution in [3.8, 4) is 0 Å². The molecule has 0 fully saturated rings. The molecule has 1 heterocycles. The second kappa shape index (κ2) is 4.89. The molecule has 2 N–H and O–H groups in total. The Balaban J connectivity index is 2.80. The average Bonchev–Trinajstić information content (AvgIpc) is 2.27. The van der Waals surface area contributed by atoms with E-state index in [1.807, 2.05) is 26.0 Å². The number of carbonyl (C=O) groups is 1. The van der Waals surface area contributed by atoms with Crippen LogP contribution in [0.15, 0.2) is 18.3 Å². The topological polar surface area (TPSA) is 65.2 Å². The van der Waals surface area contributed by atoms with Crippen LogP contribution in [0.4, 0.5) is 0 Å². The molecule has 0 bridgehead atoms. The zero-order valence-corrected chi connectivity index (χ0v) is 9.23. The Morgan fingerprint density at radius 1 is 1.53 bits per heavy atom. The summed E-state index contributed by atoms with van der Waals surface area (Å²) < 4.78 is 4.59. The average molecular weight is 208 g/mol. The van der Waals surface area contributed by atoms with Gasteiger partial charge >= 0.3 is 5.97 Å². The van der Waals surface area contributed by atoms with Gasteiger partial charge in [0.05, 0.1) is 7.11 Å². The van der Waals surface area contributed by atoms with Crippen LogP contribution in [-0.2, 0) is 9.53 Å². The summed E-state index contributed by atoms with van der Waals surface area (Å²) in [6, 6.07) is 3.19. The molecule has 0 aromatic carbocycles. The van der Waals surface area contributed by atoms with Crippen molar-refractivity contribution in [2.24, 2.45) is 5.73 Å². The molecule has 2 atom stereocenters. The standard InChI is InChI=1S/C11H16N2O2/c1-7-4-5-9(6-13-7)8(2)10(12)11(14)15-3/h4-6,8,10H,12H2,1-3H3. The molecule has 0 radical (unpaired) electrons. The molecule has 0 saturated carbocycles. The van der Waals surface area contributed by atoms with Crippen LogP contribution in [0.5, 0.6) is 0 Å². The molecule has 2 unspecified atom stereocenters. The monoisotopic (exact) mass is 208 g/mol. The number of carbonyl (C=O) groups excluding carboxylic acids is 1. The maximum atomic E-state index is 11.2.